The molecule has 2 rings (SSSR count). The van der Waals surface area contributed by atoms with E-state index in [1.54, 1.807) is 16.9 Å². The summed E-state index contributed by atoms with van der Waals surface area (Å²) in [6, 6.07) is 4.95. The molecule has 1 unspecified atom stereocenters. The lowest BCUT2D eigenvalue weighted by molar-refractivity contribution is 0.584. The highest BCUT2D eigenvalue weighted by molar-refractivity contribution is 9.10. The topological polar surface area (TPSA) is 43.8 Å². The van der Waals surface area contributed by atoms with Gasteiger partial charge in [0.15, 0.2) is 0 Å². The van der Waals surface area contributed by atoms with Crippen molar-refractivity contribution >= 4 is 15.9 Å². The summed E-state index contributed by atoms with van der Waals surface area (Å²) in [5.41, 5.74) is 7.29. The number of nitrogens with two attached hydrogens (primary N) is 1. The lowest BCUT2D eigenvalue weighted by Crippen LogP contribution is -2.04. The van der Waals surface area contributed by atoms with Crippen molar-refractivity contribution < 1.29 is 4.39 Å². The largest absolute Gasteiger partial charge is 0.324 e. The molecule has 1 atom stereocenters. The molecule has 2 N–H and O–H groups in total. The summed E-state index contributed by atoms with van der Waals surface area (Å²) in [6.45, 7) is 2.30. The van der Waals surface area contributed by atoms with E-state index in [0.29, 0.717) is 12.1 Å². The molecule has 0 aliphatic rings. The van der Waals surface area contributed by atoms with Crippen molar-refractivity contribution in [1.82, 2.24) is 9.78 Å². The first kappa shape index (κ1) is 12.3. The molecule has 5 heteroatoms. The molecule has 0 aliphatic carbocycles. The molecule has 1 aromatic heterocycles. The van der Waals surface area contributed by atoms with Gasteiger partial charge in [0.2, 0.25) is 0 Å². The zero-order valence-electron chi connectivity index (χ0n) is 9.40. The summed E-state index contributed by atoms with van der Waals surface area (Å²) in [7, 11) is 0. The molecule has 0 aliphatic heterocycles. The molecule has 0 amide bonds. The van der Waals surface area contributed by atoms with E-state index in [2.05, 4.69) is 21.0 Å². The molecule has 2 aromatic rings. The number of hydrogen-bond acceptors (Lipinski definition) is 2. The van der Waals surface area contributed by atoms with Crippen molar-refractivity contribution in [3.8, 4) is 0 Å². The smallest absolute Gasteiger partial charge is 0.129 e. The highest BCUT2D eigenvalue weighted by Crippen LogP contribution is 2.16. The van der Waals surface area contributed by atoms with Crippen LogP contribution in [0.15, 0.2) is 35.1 Å². The molecule has 0 saturated carbocycles. The molecule has 0 bridgehead atoms. The summed E-state index contributed by atoms with van der Waals surface area (Å²) in [6.07, 6.45) is 3.55. The second-order valence-electron chi connectivity index (χ2n) is 4.00. The van der Waals surface area contributed by atoms with Crippen LogP contribution in [0.2, 0.25) is 0 Å². The van der Waals surface area contributed by atoms with E-state index < -0.39 is 0 Å². The number of hydrogen-bond donors (Lipinski definition) is 1. The van der Waals surface area contributed by atoms with Gasteiger partial charge in [0.05, 0.1) is 12.7 Å². The van der Waals surface area contributed by atoms with E-state index in [4.69, 9.17) is 5.73 Å². The second kappa shape index (κ2) is 4.98. The molecule has 90 valence electrons. The van der Waals surface area contributed by atoms with Crippen LogP contribution in [0.4, 0.5) is 4.39 Å². The second-order valence-corrected chi connectivity index (χ2v) is 4.91. The van der Waals surface area contributed by atoms with E-state index in [1.807, 2.05) is 19.2 Å². The lowest BCUT2D eigenvalue weighted by atomic mass is 10.2. The zero-order chi connectivity index (χ0) is 12.4. The van der Waals surface area contributed by atoms with Crippen LogP contribution < -0.4 is 5.73 Å². The fourth-order valence-electron chi connectivity index (χ4n) is 1.53. The number of benzene rings is 1. The molecule has 0 radical (unpaired) electrons. The minimum atomic E-state index is -0.239. The Labute approximate surface area is 108 Å². The van der Waals surface area contributed by atoms with Crippen LogP contribution in [-0.4, -0.2) is 9.78 Å². The summed E-state index contributed by atoms with van der Waals surface area (Å²) in [4.78, 5) is 0. The fourth-order valence-corrected chi connectivity index (χ4v) is 1.86. The maximum Gasteiger partial charge on any atom is 0.129 e. The molecular weight excluding hydrogens is 285 g/mol. The van der Waals surface area contributed by atoms with Crippen LogP contribution in [0.5, 0.6) is 0 Å². The third-order valence-corrected chi connectivity index (χ3v) is 3.02. The van der Waals surface area contributed by atoms with Gasteiger partial charge in [0.25, 0.3) is 0 Å². The Morgan fingerprint density at radius 2 is 2.29 bits per heavy atom. The predicted octanol–water partition coefficient (Wildman–Crippen LogP) is 2.85. The quantitative estimate of drug-likeness (QED) is 0.947. The van der Waals surface area contributed by atoms with Gasteiger partial charge >= 0.3 is 0 Å². The van der Waals surface area contributed by atoms with Gasteiger partial charge < -0.3 is 5.73 Å². The Hall–Kier alpha value is -1.20. The molecule has 0 saturated heterocycles. The van der Waals surface area contributed by atoms with Crippen molar-refractivity contribution in [1.29, 1.82) is 0 Å². The summed E-state index contributed by atoms with van der Waals surface area (Å²) in [5.74, 6) is -0.239. The van der Waals surface area contributed by atoms with E-state index in [9.17, 15) is 4.39 Å². The third-order valence-electron chi connectivity index (χ3n) is 2.53. The van der Waals surface area contributed by atoms with Crippen molar-refractivity contribution in [3.05, 3.63) is 52.0 Å². The first-order chi connectivity index (χ1) is 8.06. The minimum Gasteiger partial charge on any atom is -0.324 e. The third kappa shape index (κ3) is 2.92. The SMILES string of the molecule is CC(N)c1cnn(Cc2ccc(Br)cc2F)c1. The van der Waals surface area contributed by atoms with Crippen LogP contribution in [0, 0.1) is 5.82 Å². The van der Waals surface area contributed by atoms with Crippen molar-refractivity contribution in [3.63, 3.8) is 0 Å². The number of rotatable bonds is 3. The maximum absolute atomic E-state index is 13.6. The Kier molecular flexibility index (Phi) is 3.59. The monoisotopic (exact) mass is 297 g/mol. The van der Waals surface area contributed by atoms with Gasteiger partial charge in [-0.3, -0.25) is 4.68 Å². The van der Waals surface area contributed by atoms with Gasteiger partial charge in [-0.05, 0) is 19.1 Å². The molecule has 0 spiro atoms. The number of aromatic nitrogens is 2. The molecule has 1 heterocycles. The molecule has 0 fully saturated rings. The standard InChI is InChI=1S/C12H13BrFN3/c1-8(15)10-5-16-17(7-10)6-9-2-3-11(13)4-12(9)14/h2-5,7-8H,6,15H2,1H3. The first-order valence-corrected chi connectivity index (χ1v) is 6.07. The zero-order valence-corrected chi connectivity index (χ0v) is 11.0. The minimum absolute atomic E-state index is 0.0569. The van der Waals surface area contributed by atoms with Gasteiger partial charge in [0.1, 0.15) is 5.82 Å². The number of nitrogens with zero attached hydrogens (tertiary/aromatic N) is 2. The highest BCUT2D eigenvalue weighted by Gasteiger charge is 2.06. The van der Waals surface area contributed by atoms with Crippen LogP contribution in [0.3, 0.4) is 0 Å². The number of halogens is 2. The van der Waals surface area contributed by atoms with Gasteiger partial charge in [-0.25, -0.2) is 4.39 Å². The van der Waals surface area contributed by atoms with Crippen LogP contribution in [-0.2, 0) is 6.54 Å². The Balaban J connectivity index is 2.19. The van der Waals surface area contributed by atoms with Crippen molar-refractivity contribution in [2.24, 2.45) is 5.73 Å². The summed E-state index contributed by atoms with van der Waals surface area (Å²) >= 11 is 3.23. The van der Waals surface area contributed by atoms with Crippen molar-refractivity contribution in [2.45, 2.75) is 19.5 Å². The van der Waals surface area contributed by atoms with E-state index in [1.165, 1.54) is 6.07 Å². The summed E-state index contributed by atoms with van der Waals surface area (Å²) < 4.78 is 16.0. The predicted molar refractivity (Wildman–Crippen MR) is 68.0 cm³/mol. The average Bonchev–Trinajstić information content (AvgIpc) is 2.71. The molecule has 17 heavy (non-hydrogen) atoms. The van der Waals surface area contributed by atoms with Gasteiger partial charge in [-0.1, -0.05) is 22.0 Å². The normalized spacial score (nSPS) is 12.7. The van der Waals surface area contributed by atoms with E-state index >= 15 is 0 Å². The molecular formula is C12H13BrFN3. The van der Waals surface area contributed by atoms with Gasteiger partial charge in [-0.15, -0.1) is 0 Å². The van der Waals surface area contributed by atoms with Crippen LogP contribution in [0.1, 0.15) is 24.1 Å². The average molecular weight is 298 g/mol. The highest BCUT2D eigenvalue weighted by atomic mass is 79.9. The van der Waals surface area contributed by atoms with Gasteiger partial charge in [-0.2, -0.15) is 5.10 Å². The Morgan fingerprint density at radius 3 is 2.88 bits per heavy atom. The summed E-state index contributed by atoms with van der Waals surface area (Å²) in [5, 5.41) is 4.15. The van der Waals surface area contributed by atoms with Crippen LogP contribution in [0.25, 0.3) is 0 Å². The van der Waals surface area contributed by atoms with Crippen LogP contribution >= 0.6 is 15.9 Å². The van der Waals surface area contributed by atoms with Gasteiger partial charge in [0, 0.05) is 27.8 Å². The van der Waals surface area contributed by atoms with E-state index in [0.717, 1.165) is 10.0 Å². The molecule has 3 nitrogen and oxygen atoms in total. The Morgan fingerprint density at radius 1 is 1.53 bits per heavy atom. The van der Waals surface area contributed by atoms with E-state index in [-0.39, 0.29) is 11.9 Å². The van der Waals surface area contributed by atoms with Crippen molar-refractivity contribution in [2.75, 3.05) is 0 Å². The maximum atomic E-state index is 13.6. The molecule has 1 aromatic carbocycles. The first-order valence-electron chi connectivity index (χ1n) is 5.28. The Bertz CT molecular complexity index is 522. The fraction of sp³-hybridized carbons (Fsp3) is 0.250. The lowest BCUT2D eigenvalue weighted by Gasteiger charge is -2.04.